The molecule has 0 fully saturated rings. The molecule has 1 aromatic heterocycles. The van der Waals surface area contributed by atoms with Crippen LogP contribution in [0.15, 0.2) is 24.4 Å². The fourth-order valence-corrected chi connectivity index (χ4v) is 1.90. The summed E-state index contributed by atoms with van der Waals surface area (Å²) in [5.41, 5.74) is 2.97. The number of hydrogen-bond acceptors (Lipinski definition) is 1. The fourth-order valence-electron chi connectivity index (χ4n) is 1.66. The van der Waals surface area contributed by atoms with Crippen molar-refractivity contribution >= 4 is 32.6 Å². The van der Waals surface area contributed by atoms with Crippen LogP contribution in [0.4, 0.5) is 0 Å². The van der Waals surface area contributed by atoms with E-state index in [0.29, 0.717) is 0 Å². The van der Waals surface area contributed by atoms with Crippen LogP contribution in [0.5, 0.6) is 0 Å². The van der Waals surface area contributed by atoms with Gasteiger partial charge in [0.1, 0.15) is 0 Å². The molecule has 0 aliphatic rings. The highest BCUT2D eigenvalue weighted by molar-refractivity contribution is 9.10. The Bertz CT molecular complexity index is 513. The number of ketones is 1. The number of benzene rings is 1. The minimum Gasteiger partial charge on any atom is -0.360 e. The van der Waals surface area contributed by atoms with Gasteiger partial charge in [0.2, 0.25) is 0 Å². The van der Waals surface area contributed by atoms with E-state index in [2.05, 4.69) is 20.9 Å². The Morgan fingerprint density at radius 3 is 2.87 bits per heavy atom. The molecular formula is C12H12BrNO. The lowest BCUT2D eigenvalue weighted by atomic mass is 10.1. The first kappa shape index (κ1) is 10.4. The smallest absolute Gasteiger partial charge is 0.178 e. The molecule has 1 aromatic carbocycles. The van der Waals surface area contributed by atoms with Gasteiger partial charge < -0.3 is 4.98 Å². The molecule has 0 amide bonds. The molecule has 0 saturated carbocycles. The van der Waals surface area contributed by atoms with E-state index >= 15 is 0 Å². The zero-order valence-electron chi connectivity index (χ0n) is 8.67. The molecule has 0 spiro atoms. The maximum atomic E-state index is 11.8. The highest BCUT2D eigenvalue weighted by atomic mass is 79.9. The fraction of sp³-hybridized carbons (Fsp3) is 0.250. The Labute approximate surface area is 96.8 Å². The minimum absolute atomic E-state index is 0.116. The van der Waals surface area contributed by atoms with Gasteiger partial charge in [0.05, 0.1) is 4.83 Å². The number of alkyl halides is 1. The first-order valence-electron chi connectivity index (χ1n) is 4.85. The van der Waals surface area contributed by atoms with Gasteiger partial charge in [-0.2, -0.15) is 0 Å². The standard InChI is InChI=1S/C12H12BrNO/c1-7-3-4-9-10(12(15)8(2)13)6-14-11(9)5-7/h3-6,8,14H,1-2H3/t8-/m1/s1. The predicted molar refractivity (Wildman–Crippen MR) is 65.8 cm³/mol. The van der Waals surface area contributed by atoms with Crippen molar-refractivity contribution in [3.05, 3.63) is 35.5 Å². The van der Waals surface area contributed by atoms with Crippen molar-refractivity contribution in [1.29, 1.82) is 0 Å². The summed E-state index contributed by atoms with van der Waals surface area (Å²) in [7, 11) is 0. The molecule has 0 unspecified atom stereocenters. The van der Waals surface area contributed by atoms with Gasteiger partial charge in [-0.15, -0.1) is 0 Å². The minimum atomic E-state index is -0.141. The molecule has 0 radical (unpaired) electrons. The molecule has 2 rings (SSSR count). The third-order valence-electron chi connectivity index (χ3n) is 2.46. The van der Waals surface area contributed by atoms with Crippen LogP contribution in [0.1, 0.15) is 22.8 Å². The molecule has 0 bridgehead atoms. The number of aromatic nitrogens is 1. The van der Waals surface area contributed by atoms with E-state index in [1.54, 1.807) is 6.20 Å². The van der Waals surface area contributed by atoms with Crippen molar-refractivity contribution in [3.63, 3.8) is 0 Å². The molecule has 0 saturated heterocycles. The summed E-state index contributed by atoms with van der Waals surface area (Å²) in [4.78, 5) is 14.8. The van der Waals surface area contributed by atoms with Crippen molar-refractivity contribution < 1.29 is 4.79 Å². The molecule has 0 aliphatic carbocycles. The quantitative estimate of drug-likeness (QED) is 0.655. The number of rotatable bonds is 2. The van der Waals surface area contributed by atoms with Gasteiger partial charge in [0, 0.05) is 22.7 Å². The van der Waals surface area contributed by atoms with Gasteiger partial charge >= 0.3 is 0 Å². The Morgan fingerprint density at radius 2 is 2.20 bits per heavy atom. The zero-order valence-corrected chi connectivity index (χ0v) is 10.3. The van der Waals surface area contributed by atoms with Gasteiger partial charge in [-0.25, -0.2) is 0 Å². The van der Waals surface area contributed by atoms with E-state index in [-0.39, 0.29) is 10.6 Å². The van der Waals surface area contributed by atoms with Gasteiger partial charge in [-0.05, 0) is 25.5 Å². The number of carbonyl (C=O) groups excluding carboxylic acids is 1. The number of aryl methyl sites for hydroxylation is 1. The molecule has 15 heavy (non-hydrogen) atoms. The summed E-state index contributed by atoms with van der Waals surface area (Å²) in [5.74, 6) is 0.116. The lowest BCUT2D eigenvalue weighted by Crippen LogP contribution is -2.08. The van der Waals surface area contributed by atoms with Crippen molar-refractivity contribution in [2.24, 2.45) is 0 Å². The van der Waals surface area contributed by atoms with E-state index in [1.807, 2.05) is 32.0 Å². The Hall–Kier alpha value is -1.09. The SMILES string of the molecule is Cc1ccc2c(C(=O)[C@@H](C)Br)c[nH]c2c1. The van der Waals surface area contributed by atoms with Gasteiger partial charge in [0.25, 0.3) is 0 Å². The highest BCUT2D eigenvalue weighted by Gasteiger charge is 2.15. The summed E-state index contributed by atoms with van der Waals surface area (Å²) in [6, 6.07) is 6.06. The number of fused-ring (bicyclic) bond motifs is 1. The summed E-state index contributed by atoms with van der Waals surface area (Å²) in [6.07, 6.45) is 1.78. The van der Waals surface area contributed by atoms with Crippen LogP contribution in [0, 0.1) is 6.92 Å². The number of hydrogen-bond donors (Lipinski definition) is 1. The first-order chi connectivity index (χ1) is 7.09. The van der Waals surface area contributed by atoms with Crippen LogP contribution in [0.3, 0.4) is 0 Å². The normalized spacial score (nSPS) is 13.0. The average Bonchev–Trinajstić information content (AvgIpc) is 2.59. The number of nitrogens with one attached hydrogen (secondary N) is 1. The summed E-state index contributed by atoms with van der Waals surface area (Å²) in [5, 5.41) is 0.997. The van der Waals surface area contributed by atoms with E-state index in [9.17, 15) is 4.79 Å². The maximum Gasteiger partial charge on any atom is 0.178 e. The molecule has 2 nitrogen and oxygen atoms in total. The van der Waals surface area contributed by atoms with Crippen LogP contribution in [-0.4, -0.2) is 15.6 Å². The molecule has 2 aromatic rings. The Kier molecular flexibility index (Phi) is 2.65. The van der Waals surface area contributed by atoms with E-state index < -0.39 is 0 Å². The maximum absolute atomic E-state index is 11.8. The van der Waals surface area contributed by atoms with Crippen LogP contribution in [0.25, 0.3) is 10.9 Å². The average molecular weight is 266 g/mol. The topological polar surface area (TPSA) is 32.9 Å². The van der Waals surface area contributed by atoms with Gasteiger partial charge in [-0.1, -0.05) is 28.1 Å². The monoisotopic (exact) mass is 265 g/mol. The van der Waals surface area contributed by atoms with Crippen molar-refractivity contribution in [2.45, 2.75) is 18.7 Å². The number of Topliss-reactive ketones (excluding diaryl/α,β-unsaturated/α-hetero) is 1. The Balaban J connectivity index is 2.59. The van der Waals surface area contributed by atoms with E-state index in [1.165, 1.54) is 5.56 Å². The van der Waals surface area contributed by atoms with Crippen LogP contribution >= 0.6 is 15.9 Å². The molecule has 0 aliphatic heterocycles. The molecule has 1 atom stereocenters. The van der Waals surface area contributed by atoms with Crippen molar-refractivity contribution in [3.8, 4) is 0 Å². The second-order valence-corrected chi connectivity index (χ2v) is 5.11. The number of halogens is 1. The predicted octanol–water partition coefficient (Wildman–Crippen LogP) is 3.44. The lowest BCUT2D eigenvalue weighted by molar-refractivity contribution is 0.0997. The van der Waals surface area contributed by atoms with Crippen LogP contribution < -0.4 is 0 Å². The van der Waals surface area contributed by atoms with Crippen molar-refractivity contribution in [2.75, 3.05) is 0 Å². The number of H-pyrrole nitrogens is 1. The summed E-state index contributed by atoms with van der Waals surface area (Å²) < 4.78 is 0. The van der Waals surface area contributed by atoms with Crippen LogP contribution in [0.2, 0.25) is 0 Å². The zero-order chi connectivity index (χ0) is 11.0. The van der Waals surface area contributed by atoms with Gasteiger partial charge in [0.15, 0.2) is 5.78 Å². The summed E-state index contributed by atoms with van der Waals surface area (Å²) >= 11 is 3.30. The lowest BCUT2D eigenvalue weighted by Gasteiger charge is -2.00. The number of carbonyl (C=O) groups is 1. The van der Waals surface area contributed by atoms with E-state index in [4.69, 9.17) is 0 Å². The van der Waals surface area contributed by atoms with E-state index in [0.717, 1.165) is 16.5 Å². The first-order valence-corrected chi connectivity index (χ1v) is 5.77. The van der Waals surface area contributed by atoms with Crippen LogP contribution in [-0.2, 0) is 0 Å². The number of aromatic amines is 1. The molecule has 3 heteroatoms. The molecule has 78 valence electrons. The van der Waals surface area contributed by atoms with Crippen molar-refractivity contribution in [1.82, 2.24) is 4.98 Å². The second kappa shape index (κ2) is 3.81. The second-order valence-electron chi connectivity index (χ2n) is 3.73. The summed E-state index contributed by atoms with van der Waals surface area (Å²) in [6.45, 7) is 3.88. The molecule has 1 N–H and O–H groups in total. The third kappa shape index (κ3) is 1.84. The molecular weight excluding hydrogens is 254 g/mol. The highest BCUT2D eigenvalue weighted by Crippen LogP contribution is 2.22. The van der Waals surface area contributed by atoms with Gasteiger partial charge in [-0.3, -0.25) is 4.79 Å². The molecule has 1 heterocycles. The third-order valence-corrected chi connectivity index (χ3v) is 2.88. The largest absolute Gasteiger partial charge is 0.360 e. The Morgan fingerprint density at radius 1 is 1.47 bits per heavy atom.